The second-order valence-electron chi connectivity index (χ2n) is 7.01. The van der Waals surface area contributed by atoms with Crippen LogP contribution in [-0.4, -0.2) is 52.2 Å². The van der Waals surface area contributed by atoms with Gasteiger partial charge in [0.15, 0.2) is 9.84 Å². The Morgan fingerprint density at radius 2 is 1.75 bits per heavy atom. The van der Waals surface area contributed by atoms with Gasteiger partial charge in [-0.3, -0.25) is 9.69 Å². The van der Waals surface area contributed by atoms with Gasteiger partial charge in [-0.15, -0.1) is 0 Å². The summed E-state index contributed by atoms with van der Waals surface area (Å²) < 4.78 is 28.7. The number of carbonyl (C=O) groups excluding carboxylic acids is 1. The number of ether oxygens (including phenoxy) is 1. The summed E-state index contributed by atoms with van der Waals surface area (Å²) in [6.45, 7) is 2.43. The zero-order valence-corrected chi connectivity index (χ0v) is 17.0. The van der Waals surface area contributed by atoms with Gasteiger partial charge in [0.25, 0.3) is 5.91 Å². The predicted molar refractivity (Wildman–Crippen MR) is 108 cm³/mol. The first-order valence-electron chi connectivity index (χ1n) is 9.35. The van der Waals surface area contributed by atoms with E-state index in [4.69, 9.17) is 4.74 Å². The number of hydrogen-bond donors (Lipinski definition) is 1. The second-order valence-corrected chi connectivity index (χ2v) is 9.02. The summed E-state index contributed by atoms with van der Waals surface area (Å²) in [5, 5.41) is 3.00. The maximum atomic E-state index is 12.6. The zero-order chi connectivity index (χ0) is 20.1. The van der Waals surface area contributed by atoms with E-state index in [1.165, 1.54) is 12.1 Å². The molecule has 2 aromatic carbocycles. The Hall–Kier alpha value is -2.38. The summed E-state index contributed by atoms with van der Waals surface area (Å²) in [4.78, 5) is 15.2. The van der Waals surface area contributed by atoms with E-state index in [9.17, 15) is 13.2 Å². The van der Waals surface area contributed by atoms with Crippen molar-refractivity contribution in [3.8, 4) is 5.75 Å². The summed E-state index contributed by atoms with van der Waals surface area (Å²) in [5.74, 6) is 0.588. The summed E-state index contributed by atoms with van der Waals surface area (Å²) in [5.41, 5.74) is 1.49. The van der Waals surface area contributed by atoms with Gasteiger partial charge in [0.05, 0.1) is 18.0 Å². The van der Waals surface area contributed by atoms with Crippen LogP contribution in [-0.2, 0) is 9.84 Å². The smallest absolute Gasteiger partial charge is 0.251 e. The summed E-state index contributed by atoms with van der Waals surface area (Å²) >= 11 is 0. The molecule has 0 aromatic heterocycles. The molecular formula is C21H26N2O4S. The van der Waals surface area contributed by atoms with Crippen LogP contribution in [0.2, 0.25) is 0 Å². The zero-order valence-electron chi connectivity index (χ0n) is 16.2. The lowest BCUT2D eigenvalue weighted by molar-refractivity contribution is 0.0937. The lowest BCUT2D eigenvalue weighted by Crippen LogP contribution is -2.37. The fourth-order valence-electron chi connectivity index (χ4n) is 3.58. The minimum atomic E-state index is -3.28. The molecule has 28 heavy (non-hydrogen) atoms. The van der Waals surface area contributed by atoms with Crippen LogP contribution in [0.15, 0.2) is 53.4 Å². The van der Waals surface area contributed by atoms with Gasteiger partial charge in [-0.05, 0) is 56.3 Å². The van der Waals surface area contributed by atoms with Gasteiger partial charge in [-0.2, -0.15) is 0 Å². The van der Waals surface area contributed by atoms with Gasteiger partial charge < -0.3 is 10.1 Å². The number of rotatable bonds is 7. The average Bonchev–Trinajstić information content (AvgIpc) is 3.22. The number of hydrogen-bond acceptors (Lipinski definition) is 5. The highest BCUT2D eigenvalue weighted by Gasteiger charge is 2.26. The molecule has 150 valence electrons. The minimum absolute atomic E-state index is 0.0258. The molecule has 7 heteroatoms. The normalized spacial score (nSPS) is 15.9. The molecule has 3 rings (SSSR count). The van der Waals surface area contributed by atoms with Crippen molar-refractivity contribution in [3.63, 3.8) is 0 Å². The van der Waals surface area contributed by atoms with Gasteiger partial charge in [-0.25, -0.2) is 8.42 Å². The van der Waals surface area contributed by atoms with Crippen molar-refractivity contribution in [2.75, 3.05) is 33.0 Å². The van der Waals surface area contributed by atoms with Crippen LogP contribution >= 0.6 is 0 Å². The molecule has 0 radical (unpaired) electrons. The fourth-order valence-corrected chi connectivity index (χ4v) is 4.21. The number of sulfone groups is 1. The number of benzene rings is 2. The van der Waals surface area contributed by atoms with E-state index in [0.717, 1.165) is 43.5 Å². The maximum Gasteiger partial charge on any atom is 0.251 e. The van der Waals surface area contributed by atoms with Crippen LogP contribution in [0, 0.1) is 0 Å². The van der Waals surface area contributed by atoms with Crippen molar-refractivity contribution in [3.05, 3.63) is 59.7 Å². The molecular weight excluding hydrogens is 376 g/mol. The van der Waals surface area contributed by atoms with Crippen molar-refractivity contribution < 1.29 is 17.9 Å². The Labute approximate surface area is 166 Å². The lowest BCUT2D eigenvalue weighted by atomic mass is 10.0. The number of nitrogens with one attached hydrogen (secondary N) is 1. The van der Waals surface area contributed by atoms with E-state index in [-0.39, 0.29) is 16.8 Å². The van der Waals surface area contributed by atoms with Gasteiger partial charge in [0.2, 0.25) is 0 Å². The van der Waals surface area contributed by atoms with E-state index in [0.29, 0.717) is 12.1 Å². The third-order valence-electron chi connectivity index (χ3n) is 5.08. The molecule has 2 aromatic rings. The third kappa shape index (κ3) is 4.72. The summed E-state index contributed by atoms with van der Waals surface area (Å²) in [6.07, 6.45) is 3.44. The number of amides is 1. The van der Waals surface area contributed by atoms with Crippen molar-refractivity contribution in [2.24, 2.45) is 0 Å². The van der Waals surface area contributed by atoms with Crippen molar-refractivity contribution in [1.82, 2.24) is 10.2 Å². The van der Waals surface area contributed by atoms with Crippen molar-refractivity contribution in [2.45, 2.75) is 23.8 Å². The number of likely N-dealkylation sites (tertiary alicyclic amines) is 1. The highest BCUT2D eigenvalue weighted by atomic mass is 32.2. The van der Waals surface area contributed by atoms with Gasteiger partial charge >= 0.3 is 0 Å². The van der Waals surface area contributed by atoms with Crippen molar-refractivity contribution >= 4 is 15.7 Å². The van der Waals surface area contributed by atoms with Crippen LogP contribution < -0.4 is 10.1 Å². The van der Waals surface area contributed by atoms with Crippen LogP contribution in [0.3, 0.4) is 0 Å². The maximum absolute atomic E-state index is 12.6. The molecule has 1 fully saturated rings. The first-order chi connectivity index (χ1) is 13.4. The highest BCUT2D eigenvalue weighted by Crippen LogP contribution is 2.31. The molecule has 0 aliphatic carbocycles. The van der Waals surface area contributed by atoms with E-state index < -0.39 is 9.84 Å². The molecule has 1 atom stereocenters. The average molecular weight is 403 g/mol. The van der Waals surface area contributed by atoms with E-state index in [2.05, 4.69) is 10.2 Å². The molecule has 0 saturated carbocycles. The quantitative estimate of drug-likeness (QED) is 0.771. The first-order valence-corrected chi connectivity index (χ1v) is 11.2. The van der Waals surface area contributed by atoms with Gasteiger partial charge in [0, 0.05) is 23.9 Å². The van der Waals surface area contributed by atoms with Crippen LogP contribution in [0.4, 0.5) is 0 Å². The molecule has 1 N–H and O–H groups in total. The molecule has 1 amide bonds. The molecule has 0 bridgehead atoms. The topological polar surface area (TPSA) is 75.7 Å². The highest BCUT2D eigenvalue weighted by molar-refractivity contribution is 7.90. The van der Waals surface area contributed by atoms with Crippen LogP contribution in [0.5, 0.6) is 5.75 Å². The Morgan fingerprint density at radius 1 is 1.11 bits per heavy atom. The number of para-hydroxylation sites is 1. The second kappa shape index (κ2) is 8.75. The van der Waals surface area contributed by atoms with Gasteiger partial charge in [-0.1, -0.05) is 18.2 Å². The first kappa shape index (κ1) is 20.4. The summed E-state index contributed by atoms with van der Waals surface area (Å²) in [7, 11) is -1.62. The minimum Gasteiger partial charge on any atom is -0.496 e. The van der Waals surface area contributed by atoms with Crippen molar-refractivity contribution in [1.29, 1.82) is 0 Å². The number of methoxy groups -OCH3 is 1. The number of nitrogens with zero attached hydrogens (tertiary/aromatic N) is 1. The third-order valence-corrected chi connectivity index (χ3v) is 6.21. The standard InChI is InChI=1S/C21H26N2O4S/c1-27-20-8-4-3-7-18(20)19(23-13-5-6-14-23)15-22-21(24)16-9-11-17(12-10-16)28(2,25)26/h3-4,7-12,19H,5-6,13-15H2,1-2H3,(H,22,24)/t19-/m1/s1. The fraction of sp³-hybridized carbons (Fsp3) is 0.381. The molecule has 1 saturated heterocycles. The predicted octanol–water partition coefficient (Wildman–Crippen LogP) is 2.67. The Morgan fingerprint density at radius 3 is 2.36 bits per heavy atom. The summed E-state index contributed by atoms with van der Waals surface area (Å²) in [6, 6.07) is 13.9. The van der Waals surface area contributed by atoms with E-state index >= 15 is 0 Å². The SMILES string of the molecule is COc1ccccc1[C@@H](CNC(=O)c1ccc(S(C)(=O)=O)cc1)N1CCCC1. The molecule has 6 nitrogen and oxygen atoms in total. The molecule has 1 aliphatic rings. The largest absolute Gasteiger partial charge is 0.496 e. The number of carbonyl (C=O) groups is 1. The Kier molecular flexibility index (Phi) is 6.36. The monoisotopic (exact) mass is 402 g/mol. The molecule has 0 spiro atoms. The van der Waals surface area contributed by atoms with E-state index in [1.807, 2.05) is 24.3 Å². The van der Waals surface area contributed by atoms with Crippen LogP contribution in [0.25, 0.3) is 0 Å². The van der Waals surface area contributed by atoms with Gasteiger partial charge in [0.1, 0.15) is 5.75 Å². The molecule has 0 unspecified atom stereocenters. The van der Waals surface area contributed by atoms with E-state index in [1.54, 1.807) is 19.2 Å². The molecule has 1 heterocycles. The van der Waals surface area contributed by atoms with Crippen LogP contribution in [0.1, 0.15) is 34.8 Å². The Balaban J connectivity index is 1.75. The molecule has 1 aliphatic heterocycles. The Bertz CT molecular complexity index is 920. The lowest BCUT2D eigenvalue weighted by Gasteiger charge is -2.29.